The molecule has 14 N–H and O–H groups in total. The van der Waals surface area contributed by atoms with E-state index in [-0.39, 0.29) is 18.9 Å². The largest absolute Gasteiger partial charge is 0.477 e. The second-order valence-corrected chi connectivity index (χ2v) is 29.6. The maximum atomic E-state index is 13.6. The van der Waals surface area contributed by atoms with E-state index in [2.05, 4.69) is 24.5 Å². The van der Waals surface area contributed by atoms with E-state index in [9.17, 15) is 75.7 Å². The normalized spacial score (nSPS) is 26.9. The van der Waals surface area contributed by atoms with Crippen molar-refractivity contribution in [3.63, 3.8) is 0 Å². The highest BCUT2D eigenvalue weighted by atomic mass is 16.8. The van der Waals surface area contributed by atoms with Crippen molar-refractivity contribution >= 4 is 17.8 Å². The van der Waals surface area contributed by atoms with Crippen molar-refractivity contribution in [3.8, 4) is 0 Å². The van der Waals surface area contributed by atoms with Crippen LogP contribution in [-0.4, -0.2) is 215 Å². The second-order valence-electron chi connectivity index (χ2n) is 29.6. The Balaban J connectivity index is 1.51. The molecule has 0 radical (unpaired) electrons. The molecule has 590 valence electrons. The van der Waals surface area contributed by atoms with Gasteiger partial charge in [0.1, 0.15) is 67.1 Å². The number of carbonyl (C=O) groups is 3. The lowest BCUT2D eigenvalue weighted by atomic mass is 9.88. The highest BCUT2D eigenvalue weighted by Crippen LogP contribution is 2.39. The monoisotopic (exact) mass is 1440 g/mol. The SMILES string of the molecule is CCCCCCCCCCCCCCCCCCCCCCCCCCCCC(=O)NC(COC1OC(CO)C(OC2OC(CO)C(O)C(OC3(C(=O)O)CC(O)C(NC(C)=O)C(C(O)C(O)CO)O3)C2O)C(O)C1O)C(O)CCCCCCCCCCCCCCCCCCCCCC. The summed E-state index contributed by atoms with van der Waals surface area (Å²) < 4.78 is 35.0. The highest BCUT2D eigenvalue weighted by molar-refractivity contribution is 5.77. The summed E-state index contributed by atoms with van der Waals surface area (Å²) >= 11 is 0. The lowest BCUT2D eigenvalue weighted by molar-refractivity contribution is -0.386. The van der Waals surface area contributed by atoms with Gasteiger partial charge in [-0.3, -0.25) is 9.59 Å². The molecule has 0 saturated carbocycles. The third-order valence-electron chi connectivity index (χ3n) is 20.8. The van der Waals surface area contributed by atoms with Crippen LogP contribution in [0.4, 0.5) is 0 Å². The fourth-order valence-corrected chi connectivity index (χ4v) is 14.4. The molecule has 23 heteroatoms. The Morgan fingerprint density at radius 2 is 0.870 bits per heavy atom. The number of hydrogen-bond acceptors (Lipinski definition) is 20. The Labute approximate surface area is 601 Å². The lowest BCUT2D eigenvalue weighted by Gasteiger charge is -2.50. The molecule has 2 amide bonds. The number of amides is 2. The number of nitrogens with one attached hydrogen (secondary N) is 2. The van der Waals surface area contributed by atoms with Gasteiger partial charge in [0.05, 0.1) is 50.7 Å². The average Bonchev–Trinajstić information content (AvgIpc) is 0.753. The van der Waals surface area contributed by atoms with E-state index in [0.717, 1.165) is 51.9 Å². The number of carbonyl (C=O) groups excluding carboxylic acids is 2. The van der Waals surface area contributed by atoms with Crippen molar-refractivity contribution < 1.29 is 104 Å². The molecule has 0 aromatic heterocycles. The zero-order chi connectivity index (χ0) is 73.2. The number of aliphatic hydroxyl groups is 11. The van der Waals surface area contributed by atoms with Gasteiger partial charge in [-0.05, 0) is 12.8 Å². The molecule has 0 aliphatic carbocycles. The number of aliphatic hydroxyl groups excluding tert-OH is 11. The first-order valence-corrected chi connectivity index (χ1v) is 40.4. The lowest BCUT2D eigenvalue weighted by Crippen LogP contribution is -2.70. The summed E-state index contributed by atoms with van der Waals surface area (Å²) in [5.74, 6) is -6.09. The first-order valence-electron chi connectivity index (χ1n) is 40.4. The first kappa shape index (κ1) is 91.9. The van der Waals surface area contributed by atoms with Crippen LogP contribution in [0.2, 0.25) is 0 Å². The summed E-state index contributed by atoms with van der Waals surface area (Å²) in [7, 11) is 0. The number of hydrogen-bond donors (Lipinski definition) is 14. The van der Waals surface area contributed by atoms with Gasteiger partial charge in [0.2, 0.25) is 11.8 Å². The Bertz CT molecular complexity index is 2000. The zero-order valence-electron chi connectivity index (χ0n) is 62.3. The highest BCUT2D eigenvalue weighted by Gasteiger charge is 2.60. The van der Waals surface area contributed by atoms with E-state index >= 15 is 0 Å². The summed E-state index contributed by atoms with van der Waals surface area (Å²) in [5.41, 5.74) is 0. The van der Waals surface area contributed by atoms with Crippen LogP contribution >= 0.6 is 0 Å². The summed E-state index contributed by atoms with van der Waals surface area (Å²) in [6.45, 7) is 2.27. The number of unbranched alkanes of at least 4 members (excludes halogenated alkanes) is 44. The Kier molecular flexibility index (Phi) is 52.4. The fourth-order valence-electron chi connectivity index (χ4n) is 14.4. The predicted octanol–water partition coefficient (Wildman–Crippen LogP) is 10.4. The van der Waals surface area contributed by atoms with Crippen molar-refractivity contribution in [2.75, 3.05) is 26.4 Å². The molecular weight excluding hydrogens is 1290 g/mol. The van der Waals surface area contributed by atoms with Gasteiger partial charge >= 0.3 is 5.97 Å². The van der Waals surface area contributed by atoms with E-state index < -0.39 is 148 Å². The van der Waals surface area contributed by atoms with Crippen LogP contribution in [0.15, 0.2) is 0 Å². The second kappa shape index (κ2) is 57.0. The summed E-state index contributed by atoms with van der Waals surface area (Å²) in [4.78, 5) is 38.7. The Morgan fingerprint density at radius 3 is 1.25 bits per heavy atom. The summed E-state index contributed by atoms with van der Waals surface area (Å²) in [5, 5.41) is 137. The van der Waals surface area contributed by atoms with E-state index in [1.165, 1.54) is 238 Å². The number of carboxylic acid groups (broad SMARTS) is 1. The van der Waals surface area contributed by atoms with Gasteiger partial charge in [-0.2, -0.15) is 0 Å². The van der Waals surface area contributed by atoms with Gasteiger partial charge in [0.15, 0.2) is 12.6 Å². The molecule has 100 heavy (non-hydrogen) atoms. The topological polar surface area (TPSA) is 373 Å². The molecular formula is C77H146N2O21. The van der Waals surface area contributed by atoms with Gasteiger partial charge in [0, 0.05) is 19.8 Å². The maximum Gasteiger partial charge on any atom is 0.364 e. The Morgan fingerprint density at radius 1 is 0.480 bits per heavy atom. The van der Waals surface area contributed by atoms with Crippen LogP contribution in [0, 0.1) is 0 Å². The summed E-state index contributed by atoms with van der Waals surface area (Å²) in [6, 6.07) is -2.53. The van der Waals surface area contributed by atoms with E-state index in [1.807, 2.05) is 0 Å². The standard InChI is InChI=1S/C77H146N2O21/c1-4-6-8-10-12-14-16-18-20-22-24-26-27-28-29-30-31-33-35-37-39-41-43-45-47-49-51-64(87)79-58(59(84)50-48-46-44-42-40-38-36-34-32-25-23-21-19-17-15-13-11-9-7-5-2)56-95-74-69(91)68(90)71(63(55-82)97-74)98-75-70(92)73(67(89)62(54-81)96-75)100-77(76(93)94)52-60(85)65(78-57(3)83)72(99-77)66(88)61(86)53-80/h58-63,65-75,80-82,84-86,88-92H,4-56H2,1-3H3,(H,78,83)(H,79,87)(H,93,94). The van der Waals surface area contributed by atoms with Crippen molar-refractivity contribution in [1.82, 2.24) is 10.6 Å². The minimum atomic E-state index is -3.08. The number of rotatable bonds is 64. The van der Waals surface area contributed by atoms with Gasteiger partial charge in [-0.1, -0.05) is 303 Å². The number of carboxylic acids is 1. The predicted molar refractivity (Wildman–Crippen MR) is 385 cm³/mol. The smallest absolute Gasteiger partial charge is 0.364 e. The number of ether oxygens (including phenoxy) is 6. The zero-order valence-corrected chi connectivity index (χ0v) is 62.3. The van der Waals surface area contributed by atoms with Crippen LogP contribution in [0.1, 0.15) is 335 Å². The third-order valence-corrected chi connectivity index (χ3v) is 20.8. The van der Waals surface area contributed by atoms with Crippen LogP contribution in [0.25, 0.3) is 0 Å². The minimum Gasteiger partial charge on any atom is -0.477 e. The molecule has 0 aromatic rings. The average molecular weight is 1440 g/mol. The van der Waals surface area contributed by atoms with Crippen LogP contribution in [0.5, 0.6) is 0 Å². The Hall–Kier alpha value is -2.27. The molecule has 18 atom stereocenters. The fraction of sp³-hybridized carbons (Fsp3) is 0.961. The molecule has 0 bridgehead atoms. The van der Waals surface area contributed by atoms with E-state index in [1.54, 1.807) is 0 Å². The van der Waals surface area contributed by atoms with Crippen molar-refractivity contribution in [3.05, 3.63) is 0 Å². The molecule has 18 unspecified atom stereocenters. The van der Waals surface area contributed by atoms with Crippen molar-refractivity contribution in [1.29, 1.82) is 0 Å². The van der Waals surface area contributed by atoms with Crippen molar-refractivity contribution in [2.24, 2.45) is 0 Å². The van der Waals surface area contributed by atoms with Crippen LogP contribution in [0.3, 0.4) is 0 Å². The maximum absolute atomic E-state index is 13.6. The molecule has 3 rings (SSSR count). The molecule has 3 aliphatic heterocycles. The van der Waals surface area contributed by atoms with Gasteiger partial charge in [0.25, 0.3) is 5.79 Å². The van der Waals surface area contributed by atoms with Gasteiger partial charge < -0.3 is 100 Å². The molecule has 23 nitrogen and oxygen atoms in total. The molecule has 0 aromatic carbocycles. The van der Waals surface area contributed by atoms with Crippen LogP contribution in [-0.2, 0) is 42.8 Å². The molecule has 3 fully saturated rings. The molecule has 3 aliphatic rings. The number of aliphatic carboxylic acids is 1. The summed E-state index contributed by atoms with van der Waals surface area (Å²) in [6.07, 6.45) is 29.5. The van der Waals surface area contributed by atoms with Gasteiger partial charge in [-0.15, -0.1) is 0 Å². The third kappa shape index (κ3) is 37.3. The van der Waals surface area contributed by atoms with E-state index in [0.29, 0.717) is 19.3 Å². The molecule has 3 saturated heterocycles. The molecule has 0 spiro atoms. The minimum absolute atomic E-state index is 0.230. The molecule has 3 heterocycles. The van der Waals surface area contributed by atoms with Gasteiger partial charge in [-0.25, -0.2) is 4.79 Å². The van der Waals surface area contributed by atoms with Crippen LogP contribution < -0.4 is 10.6 Å². The quantitative estimate of drug-likeness (QED) is 0.0252. The van der Waals surface area contributed by atoms with E-state index in [4.69, 9.17) is 28.4 Å². The first-order chi connectivity index (χ1) is 48.4. The van der Waals surface area contributed by atoms with Crippen molar-refractivity contribution in [2.45, 2.75) is 445 Å².